The zero-order chi connectivity index (χ0) is 50.9. The van der Waals surface area contributed by atoms with Crippen LogP contribution in [-0.4, -0.2) is 37.2 Å². The average molecular weight is 990 g/mol. The second kappa shape index (κ2) is 58.3. The minimum atomic E-state index is -0.762. The van der Waals surface area contributed by atoms with Crippen molar-refractivity contribution in [1.82, 2.24) is 0 Å². The first-order valence-electron chi connectivity index (χ1n) is 31.9. The van der Waals surface area contributed by atoms with E-state index < -0.39 is 6.10 Å². The molecule has 0 amide bonds. The van der Waals surface area contributed by atoms with Gasteiger partial charge in [0.15, 0.2) is 6.10 Å². The first kappa shape index (κ1) is 68.4. The fourth-order valence-corrected chi connectivity index (χ4v) is 9.99. The van der Waals surface area contributed by atoms with Gasteiger partial charge in [-0.05, 0) is 25.2 Å². The second-order valence-corrected chi connectivity index (χ2v) is 22.5. The molecule has 0 saturated heterocycles. The van der Waals surface area contributed by atoms with Crippen LogP contribution in [0.2, 0.25) is 0 Å². The normalized spacial score (nSPS) is 12.0. The molecule has 0 heterocycles. The van der Waals surface area contributed by atoms with E-state index in [1.807, 2.05) is 0 Å². The topological polar surface area (TPSA) is 78.9 Å². The van der Waals surface area contributed by atoms with Gasteiger partial charge in [0, 0.05) is 19.3 Å². The molecule has 0 aromatic heterocycles. The quantitative estimate of drug-likeness (QED) is 0.0343. The van der Waals surface area contributed by atoms with Crippen LogP contribution in [-0.2, 0) is 28.6 Å². The summed E-state index contributed by atoms with van der Waals surface area (Å²) in [6.45, 7) is 9.09. The standard InChI is InChI=1S/C64H124O6/c1-5-7-9-11-13-15-17-19-20-21-22-26-29-32-36-40-44-48-52-56-63(66)69-59-61(58-68-62(65)55-51-47-43-39-35-18-16-14-12-10-8-6-2)70-64(67)57-53-49-45-41-37-33-30-27-24-23-25-28-31-34-38-42-46-50-54-60(3)4/h60-61H,5-59H2,1-4H3/t61-/m1/s1. The van der Waals surface area contributed by atoms with Crippen LogP contribution in [0.3, 0.4) is 0 Å². The second-order valence-electron chi connectivity index (χ2n) is 22.5. The van der Waals surface area contributed by atoms with Crippen molar-refractivity contribution in [3.05, 3.63) is 0 Å². The molecule has 1 atom stereocenters. The van der Waals surface area contributed by atoms with E-state index in [9.17, 15) is 14.4 Å². The molecule has 0 aromatic rings. The predicted molar refractivity (Wildman–Crippen MR) is 303 cm³/mol. The summed E-state index contributed by atoms with van der Waals surface area (Å²) in [4.78, 5) is 38.2. The minimum Gasteiger partial charge on any atom is -0.462 e. The Morgan fingerprint density at radius 1 is 0.271 bits per heavy atom. The minimum absolute atomic E-state index is 0.0612. The van der Waals surface area contributed by atoms with Gasteiger partial charge in [0.2, 0.25) is 0 Å². The number of hydrogen-bond acceptors (Lipinski definition) is 6. The van der Waals surface area contributed by atoms with Crippen molar-refractivity contribution in [2.24, 2.45) is 5.92 Å². The van der Waals surface area contributed by atoms with Gasteiger partial charge in [0.05, 0.1) is 0 Å². The zero-order valence-electron chi connectivity index (χ0n) is 48.0. The molecule has 416 valence electrons. The number of carbonyl (C=O) groups is 3. The van der Waals surface area contributed by atoms with Gasteiger partial charge in [-0.1, -0.05) is 329 Å². The fraction of sp³-hybridized carbons (Fsp3) is 0.953. The van der Waals surface area contributed by atoms with Crippen molar-refractivity contribution < 1.29 is 28.6 Å². The van der Waals surface area contributed by atoms with Crippen molar-refractivity contribution in [2.75, 3.05) is 13.2 Å². The molecule has 0 saturated carbocycles. The molecule has 0 unspecified atom stereocenters. The van der Waals surface area contributed by atoms with E-state index in [4.69, 9.17) is 14.2 Å². The summed E-state index contributed by atoms with van der Waals surface area (Å²) in [6.07, 6.45) is 65.4. The molecule has 6 heteroatoms. The summed E-state index contributed by atoms with van der Waals surface area (Å²) in [5, 5.41) is 0. The van der Waals surface area contributed by atoms with Crippen LogP contribution >= 0.6 is 0 Å². The molecule has 0 aromatic carbocycles. The van der Waals surface area contributed by atoms with E-state index >= 15 is 0 Å². The first-order chi connectivity index (χ1) is 34.4. The van der Waals surface area contributed by atoms with E-state index in [0.29, 0.717) is 19.3 Å². The molecule has 6 nitrogen and oxygen atoms in total. The van der Waals surface area contributed by atoms with Crippen molar-refractivity contribution >= 4 is 17.9 Å². The summed E-state index contributed by atoms with van der Waals surface area (Å²) >= 11 is 0. The van der Waals surface area contributed by atoms with Gasteiger partial charge in [-0.3, -0.25) is 14.4 Å². The van der Waals surface area contributed by atoms with Gasteiger partial charge in [0.1, 0.15) is 13.2 Å². The molecule has 0 rings (SSSR count). The monoisotopic (exact) mass is 989 g/mol. The summed E-state index contributed by atoms with van der Waals surface area (Å²) in [5.74, 6) is 0.0296. The van der Waals surface area contributed by atoms with Crippen molar-refractivity contribution in [3.63, 3.8) is 0 Å². The first-order valence-corrected chi connectivity index (χ1v) is 31.9. The SMILES string of the molecule is CCCCCCCCCCCCCCCCCCCCCC(=O)OC[C@@H](COC(=O)CCCCCCCCCCCCCC)OC(=O)CCCCCCCCCCCCCCCCCCCCC(C)C. The Morgan fingerprint density at radius 3 is 0.700 bits per heavy atom. The van der Waals surface area contributed by atoms with Gasteiger partial charge < -0.3 is 14.2 Å². The van der Waals surface area contributed by atoms with Gasteiger partial charge in [0.25, 0.3) is 0 Å². The van der Waals surface area contributed by atoms with E-state index in [1.54, 1.807) is 0 Å². The van der Waals surface area contributed by atoms with Gasteiger partial charge in [-0.25, -0.2) is 0 Å². The Morgan fingerprint density at radius 2 is 0.471 bits per heavy atom. The number of hydrogen-bond donors (Lipinski definition) is 0. The zero-order valence-corrected chi connectivity index (χ0v) is 48.0. The Balaban J connectivity index is 4.23. The Bertz CT molecular complexity index is 1060. The Labute approximate surface area is 438 Å². The van der Waals surface area contributed by atoms with E-state index in [-0.39, 0.29) is 31.1 Å². The average Bonchev–Trinajstić information content (AvgIpc) is 3.35. The molecule has 0 aliphatic heterocycles. The summed E-state index contributed by atoms with van der Waals surface area (Å²) in [7, 11) is 0. The molecule has 0 N–H and O–H groups in total. The van der Waals surface area contributed by atoms with Crippen LogP contribution in [0.1, 0.15) is 368 Å². The fourth-order valence-electron chi connectivity index (χ4n) is 9.99. The number of rotatable bonds is 59. The lowest BCUT2D eigenvalue weighted by Gasteiger charge is -2.18. The third-order valence-corrected chi connectivity index (χ3v) is 14.8. The Hall–Kier alpha value is -1.59. The van der Waals surface area contributed by atoms with Crippen LogP contribution in [0.25, 0.3) is 0 Å². The maximum atomic E-state index is 12.9. The van der Waals surface area contributed by atoms with Gasteiger partial charge in [-0.2, -0.15) is 0 Å². The van der Waals surface area contributed by atoms with Crippen molar-refractivity contribution in [2.45, 2.75) is 374 Å². The predicted octanol–water partition coefficient (Wildman–Crippen LogP) is 21.4. The van der Waals surface area contributed by atoms with E-state index in [0.717, 1.165) is 63.7 Å². The van der Waals surface area contributed by atoms with E-state index in [2.05, 4.69) is 27.7 Å². The molecular formula is C64H124O6. The number of carbonyl (C=O) groups excluding carboxylic acids is 3. The molecular weight excluding hydrogens is 865 g/mol. The maximum absolute atomic E-state index is 12.9. The number of unbranched alkanes of at least 4 members (excludes halogenated alkanes) is 46. The molecule has 0 aliphatic carbocycles. The molecule has 0 spiro atoms. The number of esters is 3. The largest absolute Gasteiger partial charge is 0.462 e. The van der Waals surface area contributed by atoms with Crippen molar-refractivity contribution in [1.29, 1.82) is 0 Å². The van der Waals surface area contributed by atoms with Gasteiger partial charge in [-0.15, -0.1) is 0 Å². The van der Waals surface area contributed by atoms with Crippen LogP contribution in [0.5, 0.6) is 0 Å². The highest BCUT2D eigenvalue weighted by atomic mass is 16.6. The third-order valence-electron chi connectivity index (χ3n) is 14.8. The molecule has 0 fully saturated rings. The van der Waals surface area contributed by atoms with Crippen LogP contribution < -0.4 is 0 Å². The summed E-state index contributed by atoms with van der Waals surface area (Å²) in [5.41, 5.74) is 0. The highest BCUT2D eigenvalue weighted by molar-refractivity contribution is 5.71. The lowest BCUT2D eigenvalue weighted by atomic mass is 10.0. The maximum Gasteiger partial charge on any atom is 0.306 e. The Kier molecular flexibility index (Phi) is 57.0. The lowest BCUT2D eigenvalue weighted by molar-refractivity contribution is -0.167. The smallest absolute Gasteiger partial charge is 0.306 e. The lowest BCUT2D eigenvalue weighted by Crippen LogP contribution is -2.30. The molecule has 0 bridgehead atoms. The van der Waals surface area contributed by atoms with Crippen LogP contribution in [0, 0.1) is 5.92 Å². The summed E-state index contributed by atoms with van der Waals surface area (Å²) in [6, 6.07) is 0. The van der Waals surface area contributed by atoms with Crippen LogP contribution in [0.4, 0.5) is 0 Å². The molecule has 0 radical (unpaired) electrons. The van der Waals surface area contributed by atoms with Gasteiger partial charge >= 0.3 is 17.9 Å². The third kappa shape index (κ3) is 57.3. The number of ether oxygens (including phenoxy) is 3. The molecule has 0 aliphatic rings. The highest BCUT2D eigenvalue weighted by Crippen LogP contribution is 2.19. The molecule has 70 heavy (non-hydrogen) atoms. The summed E-state index contributed by atoms with van der Waals surface area (Å²) < 4.78 is 16.9. The van der Waals surface area contributed by atoms with E-state index in [1.165, 1.54) is 263 Å². The highest BCUT2D eigenvalue weighted by Gasteiger charge is 2.19. The van der Waals surface area contributed by atoms with Crippen LogP contribution in [0.15, 0.2) is 0 Å². The van der Waals surface area contributed by atoms with Crippen molar-refractivity contribution in [3.8, 4) is 0 Å².